The Balaban J connectivity index is 1.98. The quantitative estimate of drug-likeness (QED) is 0.893. The maximum absolute atomic E-state index is 12.9. The van der Waals surface area contributed by atoms with Crippen molar-refractivity contribution in [3.63, 3.8) is 0 Å². The first-order valence-corrected chi connectivity index (χ1v) is 6.76. The molecule has 0 aromatic heterocycles. The van der Waals surface area contributed by atoms with Gasteiger partial charge in [0, 0.05) is 18.6 Å². The molecule has 3 heteroatoms. The van der Waals surface area contributed by atoms with Crippen LogP contribution in [-0.4, -0.2) is 24.0 Å². The summed E-state index contributed by atoms with van der Waals surface area (Å²) in [7, 11) is 2.12. The molecule has 0 saturated heterocycles. The molecule has 0 spiro atoms. The monoisotopic (exact) mass is 250 g/mol. The molecule has 2 nitrogen and oxygen atoms in total. The van der Waals surface area contributed by atoms with Crippen molar-refractivity contribution in [1.82, 2.24) is 4.90 Å². The minimum atomic E-state index is -0.176. The molecule has 100 valence electrons. The van der Waals surface area contributed by atoms with Crippen molar-refractivity contribution >= 4 is 0 Å². The number of rotatable bonds is 3. The Bertz CT molecular complexity index is 377. The van der Waals surface area contributed by atoms with Crippen molar-refractivity contribution in [3.05, 3.63) is 35.6 Å². The third-order valence-electron chi connectivity index (χ3n) is 4.04. The summed E-state index contributed by atoms with van der Waals surface area (Å²) < 4.78 is 12.9. The number of likely N-dealkylation sites (N-methyl/N-ethyl adjacent to an activating group) is 1. The smallest absolute Gasteiger partial charge is 0.123 e. The Labute approximate surface area is 109 Å². The van der Waals surface area contributed by atoms with Crippen molar-refractivity contribution in [2.24, 2.45) is 11.7 Å². The highest BCUT2D eigenvalue weighted by Crippen LogP contribution is 2.26. The third kappa shape index (κ3) is 3.30. The molecule has 1 fully saturated rings. The molecule has 1 aromatic rings. The number of nitrogens with zero attached hydrogens (tertiary/aromatic N) is 1. The zero-order valence-electron chi connectivity index (χ0n) is 11.3. The van der Waals surface area contributed by atoms with E-state index in [2.05, 4.69) is 18.9 Å². The van der Waals surface area contributed by atoms with Crippen molar-refractivity contribution in [2.45, 2.75) is 44.8 Å². The van der Waals surface area contributed by atoms with Crippen LogP contribution in [0.25, 0.3) is 0 Å². The molecular weight excluding hydrogens is 227 g/mol. The van der Waals surface area contributed by atoms with Crippen LogP contribution < -0.4 is 5.73 Å². The molecule has 1 aliphatic carbocycles. The molecule has 0 radical (unpaired) electrons. The van der Waals surface area contributed by atoms with Crippen LogP contribution in [0.2, 0.25) is 0 Å². The zero-order chi connectivity index (χ0) is 13.1. The van der Waals surface area contributed by atoms with Gasteiger partial charge in [-0.2, -0.15) is 0 Å². The Hall–Kier alpha value is -0.930. The van der Waals surface area contributed by atoms with E-state index in [1.54, 1.807) is 0 Å². The van der Waals surface area contributed by atoms with Gasteiger partial charge >= 0.3 is 0 Å². The van der Waals surface area contributed by atoms with Gasteiger partial charge in [0.2, 0.25) is 0 Å². The molecule has 0 heterocycles. The van der Waals surface area contributed by atoms with E-state index in [1.165, 1.54) is 25.0 Å². The van der Waals surface area contributed by atoms with E-state index >= 15 is 0 Å². The second kappa shape index (κ2) is 5.81. The molecule has 0 amide bonds. The second-order valence-corrected chi connectivity index (χ2v) is 5.69. The largest absolute Gasteiger partial charge is 0.326 e. The lowest BCUT2D eigenvalue weighted by Gasteiger charge is -2.38. The van der Waals surface area contributed by atoms with E-state index < -0.39 is 0 Å². The molecule has 1 aliphatic rings. The van der Waals surface area contributed by atoms with Crippen molar-refractivity contribution in [2.75, 3.05) is 7.05 Å². The summed E-state index contributed by atoms with van der Waals surface area (Å²) in [4.78, 5) is 2.31. The molecule has 3 unspecified atom stereocenters. The molecule has 1 aromatic carbocycles. The van der Waals surface area contributed by atoms with Crippen LogP contribution in [0.4, 0.5) is 4.39 Å². The Kier molecular flexibility index (Phi) is 4.36. The van der Waals surface area contributed by atoms with Gasteiger partial charge in [-0.3, -0.25) is 4.90 Å². The van der Waals surface area contributed by atoms with Crippen LogP contribution in [0.1, 0.15) is 31.7 Å². The summed E-state index contributed by atoms with van der Waals surface area (Å²) in [6.07, 6.45) is 3.51. The summed E-state index contributed by atoms with van der Waals surface area (Å²) in [6, 6.07) is 7.46. The Morgan fingerprint density at radius 2 is 1.94 bits per heavy atom. The van der Waals surface area contributed by atoms with Crippen LogP contribution in [0.5, 0.6) is 0 Å². The molecule has 2 N–H and O–H groups in total. The van der Waals surface area contributed by atoms with Gasteiger partial charge in [0.05, 0.1) is 0 Å². The van der Waals surface area contributed by atoms with Crippen LogP contribution >= 0.6 is 0 Å². The summed E-state index contributed by atoms with van der Waals surface area (Å²) in [6.45, 7) is 3.13. The van der Waals surface area contributed by atoms with Gasteiger partial charge in [0.15, 0.2) is 0 Å². The van der Waals surface area contributed by atoms with Crippen LogP contribution in [0, 0.1) is 11.7 Å². The van der Waals surface area contributed by atoms with E-state index in [9.17, 15) is 4.39 Å². The van der Waals surface area contributed by atoms with E-state index in [0.717, 1.165) is 24.4 Å². The second-order valence-electron chi connectivity index (χ2n) is 5.69. The van der Waals surface area contributed by atoms with Gasteiger partial charge in [-0.1, -0.05) is 19.1 Å². The molecule has 18 heavy (non-hydrogen) atoms. The highest BCUT2D eigenvalue weighted by atomic mass is 19.1. The predicted molar refractivity (Wildman–Crippen MR) is 72.6 cm³/mol. The van der Waals surface area contributed by atoms with E-state index in [4.69, 9.17) is 5.73 Å². The van der Waals surface area contributed by atoms with Crippen LogP contribution in [0.3, 0.4) is 0 Å². The van der Waals surface area contributed by atoms with Crippen LogP contribution in [-0.2, 0) is 6.54 Å². The minimum Gasteiger partial charge on any atom is -0.326 e. The predicted octanol–water partition coefficient (Wildman–Crippen LogP) is 2.77. The Morgan fingerprint density at radius 3 is 2.61 bits per heavy atom. The van der Waals surface area contributed by atoms with Gasteiger partial charge < -0.3 is 5.73 Å². The van der Waals surface area contributed by atoms with Crippen LogP contribution in [0.15, 0.2) is 24.3 Å². The lowest BCUT2D eigenvalue weighted by molar-refractivity contribution is 0.136. The zero-order valence-corrected chi connectivity index (χ0v) is 11.3. The van der Waals surface area contributed by atoms with E-state index in [1.807, 2.05) is 12.1 Å². The van der Waals surface area contributed by atoms with Gasteiger partial charge in [0.1, 0.15) is 5.82 Å². The topological polar surface area (TPSA) is 29.3 Å². The number of benzene rings is 1. The maximum atomic E-state index is 12.9. The molecular formula is C15H23FN2. The first kappa shape index (κ1) is 13.5. The number of nitrogens with two attached hydrogens (primary N) is 1. The van der Waals surface area contributed by atoms with Crippen molar-refractivity contribution in [1.29, 1.82) is 0 Å². The fourth-order valence-electron chi connectivity index (χ4n) is 2.88. The summed E-state index contributed by atoms with van der Waals surface area (Å²) in [5, 5.41) is 0. The molecule has 3 atom stereocenters. The highest BCUT2D eigenvalue weighted by Gasteiger charge is 2.28. The summed E-state index contributed by atoms with van der Waals surface area (Å²) in [5.41, 5.74) is 7.36. The number of halogens is 1. The van der Waals surface area contributed by atoms with E-state index in [0.29, 0.717) is 6.04 Å². The van der Waals surface area contributed by atoms with E-state index in [-0.39, 0.29) is 11.9 Å². The first-order valence-electron chi connectivity index (χ1n) is 6.76. The maximum Gasteiger partial charge on any atom is 0.123 e. The fraction of sp³-hybridized carbons (Fsp3) is 0.600. The third-order valence-corrected chi connectivity index (χ3v) is 4.04. The number of hydrogen-bond acceptors (Lipinski definition) is 2. The highest BCUT2D eigenvalue weighted by molar-refractivity contribution is 5.16. The molecule has 2 rings (SSSR count). The minimum absolute atomic E-state index is 0.176. The summed E-state index contributed by atoms with van der Waals surface area (Å²) in [5.74, 6) is 0.579. The van der Waals surface area contributed by atoms with Gasteiger partial charge in [0.25, 0.3) is 0 Å². The van der Waals surface area contributed by atoms with Crippen molar-refractivity contribution in [3.8, 4) is 0 Å². The van der Waals surface area contributed by atoms with Gasteiger partial charge in [-0.05, 0) is 49.9 Å². The Morgan fingerprint density at radius 1 is 1.28 bits per heavy atom. The molecule has 0 aliphatic heterocycles. The van der Waals surface area contributed by atoms with Gasteiger partial charge in [-0.25, -0.2) is 4.39 Å². The summed E-state index contributed by atoms with van der Waals surface area (Å²) >= 11 is 0. The number of hydrogen-bond donors (Lipinski definition) is 1. The van der Waals surface area contributed by atoms with Crippen molar-refractivity contribution < 1.29 is 4.39 Å². The fourth-order valence-corrected chi connectivity index (χ4v) is 2.88. The normalized spacial score (nSPS) is 28.6. The average Bonchev–Trinajstić information content (AvgIpc) is 2.35. The SMILES string of the molecule is CC1CCC(N)C(N(C)Cc2ccc(F)cc2)C1. The lowest BCUT2D eigenvalue weighted by Crippen LogP contribution is -2.49. The first-order chi connectivity index (χ1) is 8.56. The standard InChI is InChI=1S/C15H23FN2/c1-11-3-8-14(17)15(9-11)18(2)10-12-4-6-13(16)7-5-12/h4-7,11,14-15H,3,8-10,17H2,1-2H3. The lowest BCUT2D eigenvalue weighted by atomic mass is 9.83. The molecule has 1 saturated carbocycles. The van der Waals surface area contributed by atoms with Gasteiger partial charge in [-0.15, -0.1) is 0 Å². The average molecular weight is 250 g/mol. The molecule has 0 bridgehead atoms.